The second-order valence-electron chi connectivity index (χ2n) is 4.74. The van der Waals surface area contributed by atoms with Crippen molar-refractivity contribution in [1.82, 2.24) is 9.78 Å². The van der Waals surface area contributed by atoms with Crippen LogP contribution in [0.25, 0.3) is 0 Å². The lowest BCUT2D eigenvalue weighted by Gasteiger charge is -2.38. The summed E-state index contributed by atoms with van der Waals surface area (Å²) in [5.74, 6) is -2.51. The average molecular weight is 229 g/mol. The number of alkyl halides is 2. The Bertz CT molecular complexity index is 363. The van der Waals surface area contributed by atoms with E-state index in [1.165, 1.54) is 0 Å². The van der Waals surface area contributed by atoms with E-state index in [0.29, 0.717) is 19.4 Å². The van der Waals surface area contributed by atoms with Gasteiger partial charge in [-0.15, -0.1) is 0 Å². The van der Waals surface area contributed by atoms with Crippen molar-refractivity contribution in [1.29, 1.82) is 0 Å². The molecule has 16 heavy (non-hydrogen) atoms. The molecule has 1 heterocycles. The zero-order chi connectivity index (χ0) is 11.8. The van der Waals surface area contributed by atoms with E-state index >= 15 is 0 Å². The topological polar surface area (TPSA) is 43.8 Å². The van der Waals surface area contributed by atoms with Crippen LogP contribution in [-0.2, 0) is 12.5 Å². The van der Waals surface area contributed by atoms with E-state index in [-0.39, 0.29) is 18.3 Å². The maximum absolute atomic E-state index is 13.1. The quantitative estimate of drug-likeness (QED) is 0.840. The molecule has 0 radical (unpaired) electrons. The van der Waals surface area contributed by atoms with Gasteiger partial charge in [0.15, 0.2) is 0 Å². The van der Waals surface area contributed by atoms with Crippen LogP contribution in [0.5, 0.6) is 0 Å². The van der Waals surface area contributed by atoms with Crippen LogP contribution in [0, 0.1) is 0 Å². The lowest BCUT2D eigenvalue weighted by atomic mass is 9.69. The summed E-state index contributed by atoms with van der Waals surface area (Å²) in [6, 6.07) is 0. The normalized spacial score (nSPS) is 23.2. The number of nitrogens with zero attached hydrogens (tertiary/aromatic N) is 2. The van der Waals surface area contributed by atoms with E-state index in [4.69, 9.17) is 5.73 Å². The number of rotatable bonds is 2. The lowest BCUT2D eigenvalue weighted by Crippen LogP contribution is -2.41. The summed E-state index contributed by atoms with van der Waals surface area (Å²) < 4.78 is 28.0. The fourth-order valence-corrected chi connectivity index (χ4v) is 2.40. The van der Waals surface area contributed by atoms with Crippen LogP contribution in [0.2, 0.25) is 0 Å². The number of aryl methyl sites for hydroxylation is 1. The third-order valence-electron chi connectivity index (χ3n) is 3.65. The molecule has 3 nitrogen and oxygen atoms in total. The fraction of sp³-hybridized carbons (Fsp3) is 0.727. The smallest absolute Gasteiger partial charge is 0.248 e. The van der Waals surface area contributed by atoms with Gasteiger partial charge < -0.3 is 5.73 Å². The van der Waals surface area contributed by atoms with Crippen molar-refractivity contribution in [2.24, 2.45) is 12.8 Å². The van der Waals surface area contributed by atoms with Gasteiger partial charge in [0.05, 0.1) is 6.20 Å². The van der Waals surface area contributed by atoms with Crippen molar-refractivity contribution in [3.05, 3.63) is 18.0 Å². The van der Waals surface area contributed by atoms with Gasteiger partial charge in [-0.05, 0) is 18.4 Å². The third kappa shape index (κ3) is 1.96. The zero-order valence-electron chi connectivity index (χ0n) is 9.42. The number of halogens is 2. The Kier molecular flexibility index (Phi) is 2.74. The summed E-state index contributed by atoms with van der Waals surface area (Å²) in [6.45, 7) is 0.411. The first kappa shape index (κ1) is 11.5. The Balaban J connectivity index is 2.22. The van der Waals surface area contributed by atoms with Gasteiger partial charge >= 0.3 is 0 Å². The second kappa shape index (κ2) is 3.80. The van der Waals surface area contributed by atoms with Crippen molar-refractivity contribution in [2.45, 2.75) is 37.0 Å². The molecule has 2 N–H and O–H groups in total. The van der Waals surface area contributed by atoms with Crippen LogP contribution in [0.15, 0.2) is 12.4 Å². The van der Waals surface area contributed by atoms with E-state index in [1.54, 1.807) is 10.9 Å². The van der Waals surface area contributed by atoms with E-state index in [1.807, 2.05) is 13.2 Å². The molecule has 1 saturated carbocycles. The highest BCUT2D eigenvalue weighted by molar-refractivity contribution is 5.21. The van der Waals surface area contributed by atoms with Crippen molar-refractivity contribution in [3.63, 3.8) is 0 Å². The molecule has 0 atom stereocenters. The molecule has 0 bridgehead atoms. The van der Waals surface area contributed by atoms with Gasteiger partial charge in [0, 0.05) is 38.0 Å². The van der Waals surface area contributed by atoms with Crippen LogP contribution in [0.1, 0.15) is 31.2 Å². The maximum Gasteiger partial charge on any atom is 0.248 e. The van der Waals surface area contributed by atoms with Crippen LogP contribution in [0.4, 0.5) is 8.78 Å². The van der Waals surface area contributed by atoms with Gasteiger partial charge in [-0.3, -0.25) is 4.68 Å². The summed E-state index contributed by atoms with van der Waals surface area (Å²) >= 11 is 0. The molecule has 90 valence electrons. The molecule has 1 aliphatic carbocycles. The summed E-state index contributed by atoms with van der Waals surface area (Å²) in [6.07, 6.45) is 4.38. The van der Waals surface area contributed by atoms with Gasteiger partial charge in [0.25, 0.3) is 0 Å². The highest BCUT2D eigenvalue weighted by atomic mass is 19.3. The number of hydrogen-bond acceptors (Lipinski definition) is 2. The van der Waals surface area contributed by atoms with Crippen LogP contribution >= 0.6 is 0 Å². The van der Waals surface area contributed by atoms with Gasteiger partial charge in [-0.25, -0.2) is 8.78 Å². The van der Waals surface area contributed by atoms with E-state index in [0.717, 1.165) is 5.56 Å². The predicted octanol–water partition coefficient (Wildman–Crippen LogP) is 1.83. The molecule has 0 amide bonds. The van der Waals surface area contributed by atoms with Crippen LogP contribution in [-0.4, -0.2) is 22.2 Å². The zero-order valence-corrected chi connectivity index (χ0v) is 9.42. The SMILES string of the molecule is Cn1cc(C2(CN)CCC(F)(F)CC2)cn1. The number of hydrogen-bond donors (Lipinski definition) is 1. The van der Waals surface area contributed by atoms with Gasteiger partial charge in [-0.2, -0.15) is 5.10 Å². The summed E-state index contributed by atoms with van der Waals surface area (Å²) in [7, 11) is 1.82. The van der Waals surface area contributed by atoms with E-state index in [2.05, 4.69) is 5.10 Å². The van der Waals surface area contributed by atoms with Gasteiger partial charge in [0.2, 0.25) is 5.92 Å². The highest BCUT2D eigenvalue weighted by Gasteiger charge is 2.44. The minimum atomic E-state index is -2.51. The summed E-state index contributed by atoms with van der Waals surface area (Å²) in [5.41, 5.74) is 6.48. The largest absolute Gasteiger partial charge is 0.330 e. The van der Waals surface area contributed by atoms with Crippen LogP contribution in [0.3, 0.4) is 0 Å². The first-order valence-electron chi connectivity index (χ1n) is 5.54. The number of nitrogens with two attached hydrogens (primary N) is 1. The molecule has 0 spiro atoms. The molecule has 5 heteroatoms. The Labute approximate surface area is 93.6 Å². The van der Waals surface area contributed by atoms with Crippen molar-refractivity contribution >= 4 is 0 Å². The fourth-order valence-electron chi connectivity index (χ4n) is 2.40. The first-order valence-corrected chi connectivity index (χ1v) is 5.54. The summed E-state index contributed by atoms with van der Waals surface area (Å²) in [4.78, 5) is 0. The molecule has 0 unspecified atom stereocenters. The maximum atomic E-state index is 13.1. The standard InChI is InChI=1S/C11H17F2N3/c1-16-7-9(6-15-16)10(8-14)2-4-11(12,13)5-3-10/h6-7H,2-5,8,14H2,1H3. The third-order valence-corrected chi connectivity index (χ3v) is 3.65. The van der Waals surface area contributed by atoms with Crippen molar-refractivity contribution in [3.8, 4) is 0 Å². The number of aromatic nitrogens is 2. The van der Waals surface area contributed by atoms with Gasteiger partial charge in [0.1, 0.15) is 0 Å². The molecule has 0 saturated heterocycles. The predicted molar refractivity (Wildman–Crippen MR) is 57.4 cm³/mol. The Morgan fingerprint density at radius 3 is 2.44 bits per heavy atom. The monoisotopic (exact) mass is 229 g/mol. The molecule has 0 aliphatic heterocycles. The first-order chi connectivity index (χ1) is 7.47. The molecule has 1 aliphatic rings. The highest BCUT2D eigenvalue weighted by Crippen LogP contribution is 2.44. The molecule has 0 aromatic carbocycles. The van der Waals surface area contributed by atoms with Crippen LogP contribution < -0.4 is 5.73 Å². The molecule has 1 aromatic rings. The van der Waals surface area contributed by atoms with E-state index in [9.17, 15) is 8.78 Å². The Morgan fingerprint density at radius 1 is 1.38 bits per heavy atom. The molecule has 2 rings (SSSR count). The molecular formula is C11H17F2N3. The minimum absolute atomic E-state index is 0.0703. The Morgan fingerprint density at radius 2 is 2.00 bits per heavy atom. The lowest BCUT2D eigenvalue weighted by molar-refractivity contribution is -0.0509. The molecule has 1 aromatic heterocycles. The Hall–Kier alpha value is -0.970. The van der Waals surface area contributed by atoms with E-state index < -0.39 is 5.92 Å². The minimum Gasteiger partial charge on any atom is -0.330 e. The second-order valence-corrected chi connectivity index (χ2v) is 4.74. The molecular weight excluding hydrogens is 212 g/mol. The molecule has 1 fully saturated rings. The van der Waals surface area contributed by atoms with Crippen molar-refractivity contribution in [2.75, 3.05) is 6.54 Å². The van der Waals surface area contributed by atoms with Gasteiger partial charge in [-0.1, -0.05) is 0 Å². The summed E-state index contributed by atoms with van der Waals surface area (Å²) in [5, 5.41) is 4.09. The van der Waals surface area contributed by atoms with Crippen molar-refractivity contribution < 1.29 is 8.78 Å². The average Bonchev–Trinajstić information content (AvgIpc) is 2.66.